The average molecular weight is 498 g/mol. The SMILES string of the molecule is NC(=O)c1cc2c(cc1F)C(=O)N(C1CCC(=O)NC1=O)C2[C@@H](c1ccc(Cl)cc1)C(F)(F)F. The van der Waals surface area contributed by atoms with Crippen LogP contribution in [0.3, 0.4) is 0 Å². The average Bonchev–Trinajstić information content (AvgIpc) is 2.99. The first kappa shape index (κ1) is 23.7. The number of carbonyl (C=O) groups is 4. The van der Waals surface area contributed by atoms with Gasteiger partial charge in [-0.25, -0.2) is 4.39 Å². The summed E-state index contributed by atoms with van der Waals surface area (Å²) in [4.78, 5) is 49.8. The number of primary amides is 1. The van der Waals surface area contributed by atoms with Gasteiger partial charge in [0.25, 0.3) is 11.8 Å². The third-order valence-corrected chi connectivity index (χ3v) is 6.18. The highest BCUT2D eigenvalue weighted by Gasteiger charge is 2.56. The summed E-state index contributed by atoms with van der Waals surface area (Å²) in [6.07, 6.45) is -5.38. The molecule has 4 rings (SSSR count). The van der Waals surface area contributed by atoms with Gasteiger partial charge in [-0.15, -0.1) is 0 Å². The van der Waals surface area contributed by atoms with Gasteiger partial charge in [0, 0.05) is 17.0 Å². The van der Waals surface area contributed by atoms with Crippen LogP contribution in [0.15, 0.2) is 36.4 Å². The Hall–Kier alpha value is -3.47. The predicted octanol–water partition coefficient (Wildman–Crippen LogP) is 3.23. The van der Waals surface area contributed by atoms with Crippen molar-refractivity contribution in [2.24, 2.45) is 5.73 Å². The molecule has 0 bridgehead atoms. The Labute approximate surface area is 194 Å². The van der Waals surface area contributed by atoms with Crippen LogP contribution in [-0.4, -0.2) is 40.7 Å². The van der Waals surface area contributed by atoms with Gasteiger partial charge in [0.1, 0.15) is 17.8 Å². The Morgan fingerprint density at radius 3 is 2.35 bits per heavy atom. The first-order valence-corrected chi connectivity index (χ1v) is 10.4. The molecular weight excluding hydrogens is 482 g/mol. The van der Waals surface area contributed by atoms with Crippen molar-refractivity contribution in [3.05, 3.63) is 69.5 Å². The van der Waals surface area contributed by atoms with Gasteiger partial charge in [-0.3, -0.25) is 24.5 Å². The van der Waals surface area contributed by atoms with Crippen molar-refractivity contribution in [3.8, 4) is 0 Å². The molecule has 2 unspecified atom stereocenters. The van der Waals surface area contributed by atoms with Crippen molar-refractivity contribution in [2.45, 2.75) is 37.0 Å². The molecule has 1 fully saturated rings. The maximum atomic E-state index is 14.5. The molecule has 2 aromatic carbocycles. The number of nitrogens with two attached hydrogens (primary N) is 1. The van der Waals surface area contributed by atoms with Crippen molar-refractivity contribution >= 4 is 35.2 Å². The molecular formula is C22H16ClF4N3O4. The monoisotopic (exact) mass is 497 g/mol. The summed E-state index contributed by atoms with van der Waals surface area (Å²) in [6, 6.07) is 2.92. The van der Waals surface area contributed by atoms with Crippen LogP contribution in [0.25, 0.3) is 0 Å². The molecule has 12 heteroatoms. The van der Waals surface area contributed by atoms with Gasteiger partial charge in [0.15, 0.2) is 0 Å². The van der Waals surface area contributed by atoms with E-state index in [1.165, 1.54) is 12.1 Å². The van der Waals surface area contributed by atoms with E-state index in [2.05, 4.69) is 0 Å². The third-order valence-electron chi connectivity index (χ3n) is 5.93. The number of imide groups is 1. The van der Waals surface area contributed by atoms with Gasteiger partial charge in [0.2, 0.25) is 11.8 Å². The number of hydrogen-bond donors (Lipinski definition) is 2. The quantitative estimate of drug-likeness (QED) is 0.499. The lowest BCUT2D eigenvalue weighted by Gasteiger charge is -2.39. The van der Waals surface area contributed by atoms with Crippen LogP contribution in [0.1, 0.15) is 56.6 Å². The summed E-state index contributed by atoms with van der Waals surface area (Å²) in [5.41, 5.74) is 3.47. The topological polar surface area (TPSA) is 110 Å². The lowest BCUT2D eigenvalue weighted by molar-refractivity contribution is -0.167. The summed E-state index contributed by atoms with van der Waals surface area (Å²) in [5, 5.41) is 2.20. The van der Waals surface area contributed by atoms with Crippen molar-refractivity contribution in [1.29, 1.82) is 0 Å². The maximum Gasteiger partial charge on any atom is 0.398 e. The number of rotatable bonds is 4. The molecule has 0 aliphatic carbocycles. The fourth-order valence-electron chi connectivity index (χ4n) is 4.47. The first-order valence-electron chi connectivity index (χ1n) is 10.0. The van der Waals surface area contributed by atoms with E-state index in [0.29, 0.717) is 11.0 Å². The van der Waals surface area contributed by atoms with E-state index in [1.807, 2.05) is 5.32 Å². The number of halogens is 5. The number of fused-ring (bicyclic) bond motifs is 1. The second kappa shape index (κ2) is 8.39. The van der Waals surface area contributed by atoms with Crippen LogP contribution in [0.5, 0.6) is 0 Å². The fraction of sp³-hybridized carbons (Fsp3) is 0.273. The zero-order valence-electron chi connectivity index (χ0n) is 17.2. The van der Waals surface area contributed by atoms with E-state index >= 15 is 0 Å². The summed E-state index contributed by atoms with van der Waals surface area (Å²) in [5.74, 6) is -7.40. The largest absolute Gasteiger partial charge is 0.398 e. The van der Waals surface area contributed by atoms with Crippen LogP contribution in [-0.2, 0) is 9.59 Å². The zero-order valence-corrected chi connectivity index (χ0v) is 17.9. The van der Waals surface area contributed by atoms with E-state index in [-0.39, 0.29) is 29.0 Å². The minimum Gasteiger partial charge on any atom is -0.366 e. The number of amides is 4. The van der Waals surface area contributed by atoms with E-state index in [4.69, 9.17) is 17.3 Å². The molecule has 0 aromatic heterocycles. The van der Waals surface area contributed by atoms with Crippen LogP contribution < -0.4 is 11.1 Å². The van der Waals surface area contributed by atoms with Gasteiger partial charge >= 0.3 is 6.18 Å². The number of nitrogens with one attached hydrogen (secondary N) is 1. The highest BCUT2D eigenvalue weighted by molar-refractivity contribution is 6.30. The molecule has 2 aliphatic rings. The summed E-state index contributed by atoms with van der Waals surface area (Å²) in [7, 11) is 0. The molecule has 4 amide bonds. The summed E-state index contributed by atoms with van der Waals surface area (Å²) in [6.45, 7) is 0. The minimum absolute atomic E-state index is 0.174. The zero-order chi connectivity index (χ0) is 24.9. The fourth-order valence-corrected chi connectivity index (χ4v) is 4.59. The molecule has 178 valence electrons. The molecule has 0 spiro atoms. The Balaban J connectivity index is 1.96. The van der Waals surface area contributed by atoms with Crippen molar-refractivity contribution in [1.82, 2.24) is 10.2 Å². The third kappa shape index (κ3) is 4.00. The van der Waals surface area contributed by atoms with E-state index in [9.17, 15) is 36.7 Å². The number of hydrogen-bond acceptors (Lipinski definition) is 4. The number of piperidine rings is 1. The summed E-state index contributed by atoms with van der Waals surface area (Å²) >= 11 is 5.83. The second-order valence-electron chi connectivity index (χ2n) is 7.98. The summed E-state index contributed by atoms with van der Waals surface area (Å²) < 4.78 is 58.0. The highest BCUT2D eigenvalue weighted by Crippen LogP contribution is 2.52. The molecule has 2 aliphatic heterocycles. The molecule has 0 saturated carbocycles. The second-order valence-corrected chi connectivity index (χ2v) is 8.41. The van der Waals surface area contributed by atoms with Crippen LogP contribution in [0.2, 0.25) is 5.02 Å². The van der Waals surface area contributed by atoms with Crippen molar-refractivity contribution in [2.75, 3.05) is 0 Å². The number of carbonyl (C=O) groups excluding carboxylic acids is 4. The Kier molecular flexibility index (Phi) is 5.84. The normalized spacial score (nSPS) is 21.3. The van der Waals surface area contributed by atoms with Crippen LogP contribution in [0, 0.1) is 5.82 Å². The number of alkyl halides is 3. The smallest absolute Gasteiger partial charge is 0.366 e. The highest BCUT2D eigenvalue weighted by atomic mass is 35.5. The van der Waals surface area contributed by atoms with Crippen molar-refractivity contribution < 1.29 is 36.7 Å². The molecule has 34 heavy (non-hydrogen) atoms. The lowest BCUT2D eigenvalue weighted by atomic mass is 9.84. The molecule has 0 radical (unpaired) electrons. The molecule has 3 atom stereocenters. The molecule has 3 N–H and O–H groups in total. The maximum absolute atomic E-state index is 14.5. The van der Waals surface area contributed by atoms with Gasteiger partial charge < -0.3 is 10.6 Å². The molecule has 1 saturated heterocycles. The van der Waals surface area contributed by atoms with Gasteiger partial charge in [0.05, 0.1) is 11.6 Å². The molecule has 7 nitrogen and oxygen atoms in total. The minimum atomic E-state index is -4.94. The Bertz CT molecular complexity index is 1220. The van der Waals surface area contributed by atoms with Gasteiger partial charge in [-0.05, 0) is 41.8 Å². The van der Waals surface area contributed by atoms with Gasteiger partial charge in [-0.2, -0.15) is 13.2 Å². The Morgan fingerprint density at radius 1 is 1.15 bits per heavy atom. The van der Waals surface area contributed by atoms with Crippen molar-refractivity contribution in [3.63, 3.8) is 0 Å². The van der Waals surface area contributed by atoms with Gasteiger partial charge in [-0.1, -0.05) is 23.7 Å². The molecule has 2 heterocycles. The van der Waals surface area contributed by atoms with Crippen LogP contribution in [0.4, 0.5) is 17.6 Å². The van der Waals surface area contributed by atoms with E-state index < -0.39 is 64.8 Å². The standard InChI is InChI=1S/C22H16ClF4N3O4/c23-10-3-1-9(2-4-10)17(22(25,26)27)18-11-7-13(19(28)32)14(24)8-12(11)21(34)30(18)15-5-6-16(31)29-20(15)33/h1-4,7-8,15,17-18H,5-6H2,(H2,28,32)(H,29,31,33)/t15?,17-,18?/m1/s1. The first-order chi connectivity index (χ1) is 15.9. The number of benzene rings is 2. The van der Waals surface area contributed by atoms with Crippen LogP contribution >= 0.6 is 11.6 Å². The molecule has 2 aromatic rings. The predicted molar refractivity (Wildman–Crippen MR) is 110 cm³/mol. The lowest BCUT2D eigenvalue weighted by Crippen LogP contribution is -2.54. The van der Waals surface area contributed by atoms with E-state index in [0.717, 1.165) is 18.2 Å². The van der Waals surface area contributed by atoms with E-state index in [1.54, 1.807) is 0 Å². The Morgan fingerprint density at radius 2 is 1.79 bits per heavy atom. The number of nitrogens with zero attached hydrogens (tertiary/aromatic N) is 1.